The summed E-state index contributed by atoms with van der Waals surface area (Å²) >= 11 is 12.4. The largest absolute Gasteiger partial charge is 0.492 e. The van der Waals surface area contributed by atoms with Crippen molar-refractivity contribution in [2.45, 2.75) is 38.1 Å². The fourth-order valence-corrected chi connectivity index (χ4v) is 4.25. The van der Waals surface area contributed by atoms with E-state index in [0.717, 1.165) is 48.6 Å². The van der Waals surface area contributed by atoms with E-state index in [4.69, 9.17) is 27.9 Å². The molecule has 2 fully saturated rings. The molecule has 1 aliphatic heterocycles. The zero-order valence-electron chi connectivity index (χ0n) is 12.1. The molecule has 0 spiro atoms. The summed E-state index contributed by atoms with van der Waals surface area (Å²) in [5.74, 6) is 3.66. The number of fused-ring (bicyclic) bond motifs is 1. The third-order valence-electron chi connectivity index (χ3n) is 5.12. The molecule has 0 amide bonds. The Morgan fingerprint density at radius 2 is 1.81 bits per heavy atom. The van der Waals surface area contributed by atoms with Crippen LogP contribution in [0.2, 0.25) is 10.0 Å². The molecule has 114 valence electrons. The molecule has 0 saturated heterocycles. The number of hydrogen-bond acceptors (Lipinski definition) is 2. The SMILES string of the molecule is Clc1cc(Cl)c2c(c1)C(NCC(C1CC1)C1CC1)CCO2. The van der Waals surface area contributed by atoms with Crippen LogP contribution in [0.3, 0.4) is 0 Å². The summed E-state index contributed by atoms with van der Waals surface area (Å²) in [6.45, 7) is 1.85. The van der Waals surface area contributed by atoms with Crippen molar-refractivity contribution < 1.29 is 4.74 Å². The molecule has 1 N–H and O–H groups in total. The number of hydrogen-bond donors (Lipinski definition) is 1. The highest BCUT2D eigenvalue weighted by atomic mass is 35.5. The fourth-order valence-electron chi connectivity index (χ4n) is 3.68. The molecule has 2 saturated carbocycles. The minimum atomic E-state index is 0.324. The summed E-state index contributed by atoms with van der Waals surface area (Å²) in [5.41, 5.74) is 1.13. The van der Waals surface area contributed by atoms with Crippen LogP contribution in [0.15, 0.2) is 12.1 Å². The van der Waals surface area contributed by atoms with Crippen LogP contribution in [0.1, 0.15) is 43.7 Å². The minimum absolute atomic E-state index is 0.324. The fraction of sp³-hybridized carbons (Fsp3) is 0.647. The molecular formula is C17H21Cl2NO. The van der Waals surface area contributed by atoms with Gasteiger partial charge in [0, 0.05) is 23.0 Å². The Balaban J connectivity index is 1.49. The second kappa shape index (κ2) is 5.64. The highest BCUT2D eigenvalue weighted by molar-refractivity contribution is 6.35. The standard InChI is InChI=1S/C17H21Cl2NO/c18-12-7-13-16(5-6-21-17(13)15(19)8-12)20-9-14(10-1-2-10)11-3-4-11/h7-8,10-11,14,16,20H,1-6,9H2. The Kier molecular flexibility index (Phi) is 3.81. The van der Waals surface area contributed by atoms with Crippen molar-refractivity contribution in [3.05, 3.63) is 27.7 Å². The van der Waals surface area contributed by atoms with Gasteiger partial charge in [0.05, 0.1) is 11.6 Å². The summed E-state index contributed by atoms with van der Waals surface area (Å²) in [4.78, 5) is 0. The van der Waals surface area contributed by atoms with Gasteiger partial charge >= 0.3 is 0 Å². The highest BCUT2D eigenvalue weighted by Gasteiger charge is 2.41. The third-order valence-corrected chi connectivity index (χ3v) is 5.62. The molecule has 0 radical (unpaired) electrons. The first-order chi connectivity index (χ1) is 10.2. The molecule has 3 aliphatic rings. The molecule has 2 aliphatic carbocycles. The maximum Gasteiger partial charge on any atom is 0.142 e. The van der Waals surface area contributed by atoms with E-state index < -0.39 is 0 Å². The van der Waals surface area contributed by atoms with E-state index in [1.54, 1.807) is 6.07 Å². The molecule has 0 aromatic heterocycles. The van der Waals surface area contributed by atoms with Crippen molar-refractivity contribution >= 4 is 23.2 Å². The van der Waals surface area contributed by atoms with Crippen LogP contribution in [0.5, 0.6) is 5.75 Å². The van der Waals surface area contributed by atoms with E-state index >= 15 is 0 Å². The molecule has 1 heterocycles. The minimum Gasteiger partial charge on any atom is -0.492 e. The van der Waals surface area contributed by atoms with Gasteiger partial charge in [-0.3, -0.25) is 0 Å². The van der Waals surface area contributed by atoms with Crippen LogP contribution in [-0.4, -0.2) is 13.2 Å². The zero-order valence-corrected chi connectivity index (χ0v) is 13.6. The molecule has 1 aromatic rings. The lowest BCUT2D eigenvalue weighted by Gasteiger charge is -2.29. The van der Waals surface area contributed by atoms with Crippen LogP contribution >= 0.6 is 23.2 Å². The van der Waals surface area contributed by atoms with Gasteiger partial charge in [0.2, 0.25) is 0 Å². The number of ether oxygens (including phenoxy) is 1. The van der Waals surface area contributed by atoms with E-state index in [0.29, 0.717) is 16.1 Å². The van der Waals surface area contributed by atoms with E-state index in [1.807, 2.05) is 6.07 Å². The van der Waals surface area contributed by atoms with E-state index in [2.05, 4.69) is 5.32 Å². The average molecular weight is 326 g/mol. The maximum absolute atomic E-state index is 6.26. The second-order valence-corrected chi connectivity index (χ2v) is 7.59. The average Bonchev–Trinajstić information content (AvgIpc) is 3.34. The Bertz CT molecular complexity index is 528. The van der Waals surface area contributed by atoms with Crippen LogP contribution < -0.4 is 10.1 Å². The first-order valence-corrected chi connectivity index (χ1v) is 8.83. The lowest BCUT2D eigenvalue weighted by atomic mass is 9.95. The van der Waals surface area contributed by atoms with E-state index in [-0.39, 0.29) is 0 Å². The van der Waals surface area contributed by atoms with Gasteiger partial charge in [-0.05, 0) is 62.1 Å². The Morgan fingerprint density at radius 1 is 1.10 bits per heavy atom. The molecule has 1 unspecified atom stereocenters. The summed E-state index contributed by atoms with van der Waals surface area (Å²) in [6.07, 6.45) is 6.73. The van der Waals surface area contributed by atoms with E-state index in [9.17, 15) is 0 Å². The molecule has 21 heavy (non-hydrogen) atoms. The van der Waals surface area contributed by atoms with Crippen molar-refractivity contribution in [2.75, 3.05) is 13.2 Å². The van der Waals surface area contributed by atoms with Gasteiger partial charge in [0.15, 0.2) is 0 Å². The van der Waals surface area contributed by atoms with Gasteiger partial charge in [0.1, 0.15) is 5.75 Å². The molecule has 0 bridgehead atoms. The van der Waals surface area contributed by atoms with Crippen molar-refractivity contribution in [2.24, 2.45) is 17.8 Å². The van der Waals surface area contributed by atoms with Crippen molar-refractivity contribution in [3.8, 4) is 5.75 Å². The van der Waals surface area contributed by atoms with Crippen molar-refractivity contribution in [3.63, 3.8) is 0 Å². The van der Waals surface area contributed by atoms with Gasteiger partial charge in [-0.15, -0.1) is 0 Å². The van der Waals surface area contributed by atoms with Crippen molar-refractivity contribution in [1.29, 1.82) is 0 Å². The van der Waals surface area contributed by atoms with Gasteiger partial charge in [0.25, 0.3) is 0 Å². The normalized spacial score (nSPS) is 24.8. The van der Waals surface area contributed by atoms with E-state index in [1.165, 1.54) is 25.7 Å². The number of halogens is 2. The quantitative estimate of drug-likeness (QED) is 0.836. The predicted octanol–water partition coefficient (Wildman–Crippen LogP) is 4.84. The molecule has 1 atom stereocenters. The van der Waals surface area contributed by atoms with Gasteiger partial charge < -0.3 is 10.1 Å². The highest BCUT2D eigenvalue weighted by Crippen LogP contribution is 2.49. The number of nitrogens with one attached hydrogen (secondary N) is 1. The first-order valence-electron chi connectivity index (χ1n) is 8.07. The Morgan fingerprint density at radius 3 is 2.48 bits per heavy atom. The lowest BCUT2D eigenvalue weighted by Crippen LogP contribution is -2.32. The van der Waals surface area contributed by atoms with Gasteiger partial charge in [-0.1, -0.05) is 23.2 Å². The van der Waals surface area contributed by atoms with Crippen LogP contribution in [0, 0.1) is 17.8 Å². The molecule has 4 heteroatoms. The summed E-state index contributed by atoms with van der Waals surface area (Å²) < 4.78 is 5.74. The molecular weight excluding hydrogens is 305 g/mol. The van der Waals surface area contributed by atoms with Crippen LogP contribution in [-0.2, 0) is 0 Å². The Hall–Kier alpha value is -0.440. The van der Waals surface area contributed by atoms with Crippen LogP contribution in [0.25, 0.3) is 0 Å². The van der Waals surface area contributed by atoms with Crippen molar-refractivity contribution in [1.82, 2.24) is 5.32 Å². The molecule has 1 aromatic carbocycles. The number of benzene rings is 1. The van der Waals surface area contributed by atoms with Gasteiger partial charge in [-0.25, -0.2) is 0 Å². The maximum atomic E-state index is 6.26. The monoisotopic (exact) mass is 325 g/mol. The summed E-state index contributed by atoms with van der Waals surface area (Å²) in [7, 11) is 0. The summed E-state index contributed by atoms with van der Waals surface area (Å²) in [5, 5.41) is 5.10. The first kappa shape index (κ1) is 14.2. The summed E-state index contributed by atoms with van der Waals surface area (Å²) in [6, 6.07) is 4.09. The molecule has 2 nitrogen and oxygen atoms in total. The third kappa shape index (κ3) is 3.04. The zero-order chi connectivity index (χ0) is 14.4. The number of rotatable bonds is 5. The molecule has 4 rings (SSSR count). The Labute approximate surface area is 136 Å². The lowest BCUT2D eigenvalue weighted by molar-refractivity contribution is 0.243. The topological polar surface area (TPSA) is 21.3 Å². The predicted molar refractivity (Wildman–Crippen MR) is 86.3 cm³/mol. The smallest absolute Gasteiger partial charge is 0.142 e. The second-order valence-electron chi connectivity index (χ2n) is 6.74. The van der Waals surface area contributed by atoms with Gasteiger partial charge in [-0.2, -0.15) is 0 Å². The van der Waals surface area contributed by atoms with Crippen LogP contribution in [0.4, 0.5) is 0 Å².